The SMILES string of the molecule is c1cc(-c2ccc(OCC3CO3)cc2)cc(-c2ccc(OCC3CO3)cc2)c1. The molecule has 2 aliphatic heterocycles. The highest BCUT2D eigenvalue weighted by atomic mass is 16.6. The molecule has 4 nitrogen and oxygen atoms in total. The van der Waals surface area contributed by atoms with Crippen LogP contribution in [0.15, 0.2) is 72.8 Å². The Morgan fingerprint density at radius 1 is 0.607 bits per heavy atom. The molecule has 0 bridgehead atoms. The maximum Gasteiger partial charge on any atom is 0.119 e. The van der Waals surface area contributed by atoms with Gasteiger partial charge in [0, 0.05) is 0 Å². The van der Waals surface area contributed by atoms with Crippen LogP contribution < -0.4 is 9.47 Å². The van der Waals surface area contributed by atoms with Crippen LogP contribution in [0.1, 0.15) is 0 Å². The summed E-state index contributed by atoms with van der Waals surface area (Å²) in [5, 5.41) is 0. The van der Waals surface area contributed by atoms with Crippen LogP contribution in [0.2, 0.25) is 0 Å². The molecule has 2 saturated heterocycles. The molecular weight excluding hydrogens is 352 g/mol. The fourth-order valence-electron chi connectivity index (χ4n) is 3.07. The van der Waals surface area contributed by atoms with Crippen LogP contribution in [0.4, 0.5) is 0 Å². The Labute approximate surface area is 164 Å². The van der Waals surface area contributed by atoms with Gasteiger partial charge in [0.25, 0.3) is 0 Å². The molecule has 2 fully saturated rings. The van der Waals surface area contributed by atoms with Crippen molar-refractivity contribution in [3.05, 3.63) is 72.8 Å². The van der Waals surface area contributed by atoms with Crippen molar-refractivity contribution in [1.82, 2.24) is 0 Å². The molecule has 0 amide bonds. The lowest BCUT2D eigenvalue weighted by Gasteiger charge is -2.09. The number of ether oxygens (including phenoxy) is 4. The predicted octanol–water partition coefficient (Wildman–Crippen LogP) is 4.58. The molecular formula is C24H22O4. The van der Waals surface area contributed by atoms with Gasteiger partial charge in [-0.05, 0) is 52.6 Å². The Bertz CT molecular complexity index is 851. The number of benzene rings is 3. The van der Waals surface area contributed by atoms with Crippen molar-refractivity contribution in [2.45, 2.75) is 12.2 Å². The van der Waals surface area contributed by atoms with Gasteiger partial charge in [0.2, 0.25) is 0 Å². The second-order valence-corrected chi connectivity index (χ2v) is 7.16. The summed E-state index contributed by atoms with van der Waals surface area (Å²) in [6, 6.07) is 25.0. The summed E-state index contributed by atoms with van der Waals surface area (Å²) in [6.45, 7) is 2.88. The van der Waals surface area contributed by atoms with E-state index in [0.29, 0.717) is 13.2 Å². The van der Waals surface area contributed by atoms with Crippen LogP contribution in [0.3, 0.4) is 0 Å². The summed E-state index contributed by atoms with van der Waals surface area (Å²) < 4.78 is 21.8. The van der Waals surface area contributed by atoms with Gasteiger partial charge in [-0.3, -0.25) is 0 Å². The van der Waals surface area contributed by atoms with Crippen molar-refractivity contribution in [1.29, 1.82) is 0 Å². The van der Waals surface area contributed by atoms with Crippen LogP contribution in [-0.2, 0) is 9.47 Å². The lowest BCUT2D eigenvalue weighted by atomic mass is 9.99. The molecule has 0 aromatic heterocycles. The Morgan fingerprint density at radius 3 is 1.43 bits per heavy atom. The minimum absolute atomic E-state index is 0.273. The number of epoxide rings is 2. The third-order valence-electron chi connectivity index (χ3n) is 4.91. The van der Waals surface area contributed by atoms with E-state index >= 15 is 0 Å². The Hall–Kier alpha value is -2.82. The minimum atomic E-state index is 0.273. The summed E-state index contributed by atoms with van der Waals surface area (Å²) in [5.41, 5.74) is 4.70. The highest BCUT2D eigenvalue weighted by Gasteiger charge is 2.23. The molecule has 2 aliphatic rings. The molecule has 2 heterocycles. The van der Waals surface area contributed by atoms with E-state index in [0.717, 1.165) is 24.7 Å². The normalized spacial score (nSPS) is 19.9. The Balaban J connectivity index is 1.28. The van der Waals surface area contributed by atoms with Crippen molar-refractivity contribution in [2.24, 2.45) is 0 Å². The van der Waals surface area contributed by atoms with E-state index < -0.39 is 0 Å². The van der Waals surface area contributed by atoms with Crippen molar-refractivity contribution >= 4 is 0 Å². The Morgan fingerprint density at radius 2 is 1.04 bits per heavy atom. The lowest BCUT2D eigenvalue weighted by Crippen LogP contribution is -2.03. The molecule has 0 N–H and O–H groups in total. The van der Waals surface area contributed by atoms with Gasteiger partial charge in [-0.1, -0.05) is 42.5 Å². The van der Waals surface area contributed by atoms with Gasteiger partial charge in [-0.15, -0.1) is 0 Å². The van der Waals surface area contributed by atoms with Gasteiger partial charge in [0.15, 0.2) is 0 Å². The van der Waals surface area contributed by atoms with E-state index in [-0.39, 0.29) is 12.2 Å². The first kappa shape index (κ1) is 17.3. The van der Waals surface area contributed by atoms with E-state index in [1.54, 1.807) is 0 Å². The first-order valence-corrected chi connectivity index (χ1v) is 9.63. The fourth-order valence-corrected chi connectivity index (χ4v) is 3.07. The number of hydrogen-bond donors (Lipinski definition) is 0. The first-order valence-electron chi connectivity index (χ1n) is 9.63. The molecule has 0 saturated carbocycles. The van der Waals surface area contributed by atoms with Gasteiger partial charge in [0.05, 0.1) is 13.2 Å². The van der Waals surface area contributed by atoms with Gasteiger partial charge in [0.1, 0.15) is 36.9 Å². The largest absolute Gasteiger partial charge is 0.491 e. The molecule has 2 atom stereocenters. The topological polar surface area (TPSA) is 43.5 Å². The fraction of sp³-hybridized carbons (Fsp3) is 0.250. The summed E-state index contributed by atoms with van der Waals surface area (Å²) in [5.74, 6) is 1.75. The molecule has 0 aliphatic carbocycles. The Kier molecular flexibility index (Phi) is 4.73. The zero-order valence-electron chi connectivity index (χ0n) is 15.5. The third kappa shape index (κ3) is 4.35. The van der Waals surface area contributed by atoms with Gasteiger partial charge in [-0.2, -0.15) is 0 Å². The molecule has 142 valence electrons. The molecule has 5 rings (SSSR count). The van der Waals surface area contributed by atoms with Crippen molar-refractivity contribution < 1.29 is 18.9 Å². The summed E-state index contributed by atoms with van der Waals surface area (Å²) in [6.07, 6.45) is 0.547. The number of rotatable bonds is 8. The standard InChI is InChI=1S/C24H22O4/c1-2-19(17-4-8-21(9-5-17)25-13-23-15-27-23)12-20(3-1)18-6-10-22(11-7-18)26-14-24-16-28-24/h1-12,23-24H,13-16H2. The second-order valence-electron chi connectivity index (χ2n) is 7.16. The van der Waals surface area contributed by atoms with Gasteiger partial charge < -0.3 is 18.9 Å². The molecule has 4 heteroatoms. The zero-order valence-corrected chi connectivity index (χ0v) is 15.5. The van der Waals surface area contributed by atoms with E-state index in [1.165, 1.54) is 22.3 Å². The van der Waals surface area contributed by atoms with Crippen LogP contribution in [0.25, 0.3) is 22.3 Å². The smallest absolute Gasteiger partial charge is 0.119 e. The van der Waals surface area contributed by atoms with E-state index in [2.05, 4.69) is 48.5 Å². The first-order chi connectivity index (χ1) is 13.8. The van der Waals surface area contributed by atoms with Gasteiger partial charge >= 0.3 is 0 Å². The maximum atomic E-state index is 5.72. The third-order valence-corrected chi connectivity index (χ3v) is 4.91. The highest BCUT2D eigenvalue weighted by Crippen LogP contribution is 2.29. The van der Waals surface area contributed by atoms with Crippen LogP contribution in [-0.4, -0.2) is 38.6 Å². The second kappa shape index (κ2) is 7.66. The van der Waals surface area contributed by atoms with Gasteiger partial charge in [-0.25, -0.2) is 0 Å². The molecule has 0 spiro atoms. The monoisotopic (exact) mass is 374 g/mol. The molecule has 3 aromatic carbocycles. The molecule has 3 aromatic rings. The molecule has 2 unspecified atom stereocenters. The summed E-state index contributed by atoms with van der Waals surface area (Å²) >= 11 is 0. The highest BCUT2D eigenvalue weighted by molar-refractivity contribution is 5.73. The molecule has 28 heavy (non-hydrogen) atoms. The summed E-state index contributed by atoms with van der Waals surface area (Å²) in [4.78, 5) is 0. The maximum absolute atomic E-state index is 5.72. The number of hydrogen-bond acceptors (Lipinski definition) is 4. The molecule has 0 radical (unpaired) electrons. The quantitative estimate of drug-likeness (QED) is 0.542. The van der Waals surface area contributed by atoms with E-state index in [9.17, 15) is 0 Å². The van der Waals surface area contributed by atoms with Crippen LogP contribution >= 0.6 is 0 Å². The van der Waals surface area contributed by atoms with E-state index in [4.69, 9.17) is 18.9 Å². The van der Waals surface area contributed by atoms with E-state index in [1.807, 2.05) is 24.3 Å². The predicted molar refractivity (Wildman–Crippen MR) is 108 cm³/mol. The van der Waals surface area contributed by atoms with Crippen molar-refractivity contribution in [2.75, 3.05) is 26.4 Å². The van der Waals surface area contributed by atoms with Crippen molar-refractivity contribution in [3.63, 3.8) is 0 Å². The lowest BCUT2D eigenvalue weighted by molar-refractivity contribution is 0.263. The van der Waals surface area contributed by atoms with Crippen LogP contribution in [0.5, 0.6) is 11.5 Å². The zero-order chi connectivity index (χ0) is 18.8. The average molecular weight is 374 g/mol. The van der Waals surface area contributed by atoms with Crippen molar-refractivity contribution in [3.8, 4) is 33.8 Å². The minimum Gasteiger partial charge on any atom is -0.491 e. The summed E-state index contributed by atoms with van der Waals surface area (Å²) in [7, 11) is 0. The van der Waals surface area contributed by atoms with Crippen LogP contribution in [0, 0.1) is 0 Å². The average Bonchev–Trinajstić information content (AvgIpc) is 3.67.